The van der Waals surface area contributed by atoms with Gasteiger partial charge >= 0.3 is 0 Å². The van der Waals surface area contributed by atoms with Crippen LogP contribution >= 0.6 is 11.3 Å². The van der Waals surface area contributed by atoms with Crippen molar-refractivity contribution in [3.05, 3.63) is 35.1 Å². The first-order chi connectivity index (χ1) is 10.3. The zero-order valence-electron chi connectivity index (χ0n) is 11.9. The maximum atomic E-state index is 12.2. The minimum atomic E-state index is -0.216. The summed E-state index contributed by atoms with van der Waals surface area (Å²) in [6.45, 7) is 2.98. The first-order valence-corrected chi connectivity index (χ1v) is 8.11. The van der Waals surface area contributed by atoms with Crippen molar-refractivity contribution in [1.29, 1.82) is 0 Å². The highest BCUT2D eigenvalue weighted by Crippen LogP contribution is 2.40. The van der Waals surface area contributed by atoms with Gasteiger partial charge < -0.3 is 5.32 Å². The van der Waals surface area contributed by atoms with E-state index in [-0.39, 0.29) is 5.91 Å². The van der Waals surface area contributed by atoms with Gasteiger partial charge in [-0.15, -0.1) is 11.3 Å². The number of thiazole rings is 1. The Morgan fingerprint density at radius 2 is 2.33 bits per heavy atom. The summed E-state index contributed by atoms with van der Waals surface area (Å²) in [6, 6.07) is 3.63. The molecule has 0 spiro atoms. The Morgan fingerprint density at radius 3 is 3.10 bits per heavy atom. The van der Waals surface area contributed by atoms with Gasteiger partial charge in [0.05, 0.1) is 5.69 Å². The van der Waals surface area contributed by atoms with Crippen molar-refractivity contribution in [2.45, 2.75) is 32.1 Å². The van der Waals surface area contributed by atoms with Gasteiger partial charge in [0.25, 0.3) is 5.91 Å². The number of pyridine rings is 1. The van der Waals surface area contributed by atoms with Crippen LogP contribution in [-0.2, 0) is 0 Å². The first kappa shape index (κ1) is 14.0. The number of carbonyl (C=O) groups excluding carboxylic acids is 1. The predicted octanol–water partition coefficient (Wildman–Crippen LogP) is 3.49. The Labute approximate surface area is 127 Å². The van der Waals surface area contributed by atoms with E-state index in [0.29, 0.717) is 16.7 Å². The normalized spacial score (nSPS) is 14.0. The third kappa shape index (κ3) is 3.58. The SMILES string of the molecule is CCCNc1ccnc(C(=O)Nc2nc(C3CC3)cs2)c1. The number of nitrogens with zero attached hydrogens (tertiary/aromatic N) is 2. The molecular formula is C15H18N4OS. The minimum absolute atomic E-state index is 0.216. The van der Waals surface area contributed by atoms with E-state index in [1.165, 1.54) is 24.2 Å². The number of nitrogens with one attached hydrogen (secondary N) is 2. The molecule has 0 saturated heterocycles. The molecule has 1 saturated carbocycles. The molecule has 2 heterocycles. The van der Waals surface area contributed by atoms with Crippen LogP contribution in [0.2, 0.25) is 0 Å². The molecule has 0 bridgehead atoms. The molecule has 21 heavy (non-hydrogen) atoms. The van der Waals surface area contributed by atoms with E-state index < -0.39 is 0 Å². The highest BCUT2D eigenvalue weighted by atomic mass is 32.1. The molecule has 1 aliphatic carbocycles. The molecule has 3 rings (SSSR count). The van der Waals surface area contributed by atoms with Crippen molar-refractivity contribution in [1.82, 2.24) is 9.97 Å². The number of hydrogen-bond donors (Lipinski definition) is 2. The topological polar surface area (TPSA) is 66.9 Å². The summed E-state index contributed by atoms with van der Waals surface area (Å²) in [5, 5.41) is 8.75. The van der Waals surface area contributed by atoms with E-state index in [1.807, 2.05) is 11.4 Å². The lowest BCUT2D eigenvalue weighted by Gasteiger charge is -2.06. The lowest BCUT2D eigenvalue weighted by molar-refractivity contribution is 0.102. The molecular weight excluding hydrogens is 284 g/mol. The number of aromatic nitrogens is 2. The summed E-state index contributed by atoms with van der Waals surface area (Å²) in [6.07, 6.45) is 5.10. The summed E-state index contributed by atoms with van der Waals surface area (Å²) in [7, 11) is 0. The fourth-order valence-corrected chi connectivity index (χ4v) is 2.79. The highest BCUT2D eigenvalue weighted by Gasteiger charge is 2.26. The Hall–Kier alpha value is -1.95. The zero-order chi connectivity index (χ0) is 14.7. The van der Waals surface area contributed by atoms with Crippen molar-refractivity contribution in [3.63, 3.8) is 0 Å². The largest absolute Gasteiger partial charge is 0.385 e. The Balaban J connectivity index is 1.66. The van der Waals surface area contributed by atoms with Crippen molar-refractivity contribution >= 4 is 28.1 Å². The van der Waals surface area contributed by atoms with Gasteiger partial charge in [0, 0.05) is 29.7 Å². The summed E-state index contributed by atoms with van der Waals surface area (Å²) in [5.74, 6) is 0.387. The molecule has 0 atom stereocenters. The van der Waals surface area contributed by atoms with Crippen LogP contribution in [0.15, 0.2) is 23.7 Å². The van der Waals surface area contributed by atoms with Gasteiger partial charge in [-0.2, -0.15) is 0 Å². The fourth-order valence-electron chi connectivity index (χ4n) is 2.01. The lowest BCUT2D eigenvalue weighted by atomic mass is 10.3. The van der Waals surface area contributed by atoms with Crippen LogP contribution in [0.1, 0.15) is 48.3 Å². The quantitative estimate of drug-likeness (QED) is 0.857. The fraction of sp³-hybridized carbons (Fsp3) is 0.400. The van der Waals surface area contributed by atoms with Gasteiger partial charge in [0.1, 0.15) is 5.69 Å². The van der Waals surface area contributed by atoms with Gasteiger partial charge in [-0.25, -0.2) is 4.98 Å². The number of carbonyl (C=O) groups is 1. The second kappa shape index (κ2) is 6.22. The number of rotatable bonds is 6. The monoisotopic (exact) mass is 302 g/mol. The summed E-state index contributed by atoms with van der Waals surface area (Å²) in [4.78, 5) is 20.8. The second-order valence-electron chi connectivity index (χ2n) is 5.16. The van der Waals surface area contributed by atoms with E-state index in [1.54, 1.807) is 12.3 Å². The van der Waals surface area contributed by atoms with Crippen LogP contribution in [0.4, 0.5) is 10.8 Å². The van der Waals surface area contributed by atoms with Gasteiger partial charge in [-0.1, -0.05) is 6.92 Å². The standard InChI is InChI=1S/C15H18N4OS/c1-2-6-16-11-5-7-17-12(8-11)14(20)19-15-18-13(9-21-15)10-3-4-10/h5,7-10H,2-4,6H2,1H3,(H,16,17)(H,18,19,20). The van der Waals surface area contributed by atoms with Crippen LogP contribution < -0.4 is 10.6 Å². The molecule has 1 amide bonds. The van der Waals surface area contributed by atoms with Gasteiger partial charge in [-0.05, 0) is 31.4 Å². The molecule has 2 aromatic heterocycles. The maximum Gasteiger partial charge on any atom is 0.276 e. The van der Waals surface area contributed by atoms with Gasteiger partial charge in [0.2, 0.25) is 0 Å². The molecule has 0 unspecified atom stereocenters. The van der Waals surface area contributed by atoms with E-state index >= 15 is 0 Å². The molecule has 1 aliphatic rings. The summed E-state index contributed by atoms with van der Waals surface area (Å²) in [5.41, 5.74) is 2.41. The van der Waals surface area contributed by atoms with Crippen molar-refractivity contribution < 1.29 is 4.79 Å². The van der Waals surface area contributed by atoms with Crippen LogP contribution in [0, 0.1) is 0 Å². The Kier molecular flexibility index (Phi) is 4.15. The van der Waals surface area contributed by atoms with E-state index in [4.69, 9.17) is 0 Å². The van der Waals surface area contributed by atoms with E-state index in [9.17, 15) is 4.79 Å². The molecule has 6 heteroatoms. The summed E-state index contributed by atoms with van der Waals surface area (Å²) < 4.78 is 0. The Bertz CT molecular complexity index is 636. The molecule has 1 fully saturated rings. The molecule has 5 nitrogen and oxygen atoms in total. The van der Waals surface area contributed by atoms with E-state index in [2.05, 4.69) is 27.5 Å². The van der Waals surface area contributed by atoms with E-state index in [0.717, 1.165) is 24.3 Å². The predicted molar refractivity (Wildman–Crippen MR) is 85.1 cm³/mol. The van der Waals surface area contributed by atoms with Gasteiger partial charge in [0.15, 0.2) is 5.13 Å². The zero-order valence-corrected chi connectivity index (χ0v) is 12.7. The second-order valence-corrected chi connectivity index (χ2v) is 6.02. The molecule has 2 N–H and O–H groups in total. The lowest BCUT2D eigenvalue weighted by Crippen LogP contribution is -2.14. The van der Waals surface area contributed by atoms with Crippen LogP contribution in [0.3, 0.4) is 0 Å². The van der Waals surface area contributed by atoms with Crippen LogP contribution in [0.25, 0.3) is 0 Å². The van der Waals surface area contributed by atoms with Crippen LogP contribution in [-0.4, -0.2) is 22.4 Å². The van der Waals surface area contributed by atoms with Crippen molar-refractivity contribution in [3.8, 4) is 0 Å². The number of anilines is 2. The molecule has 0 aromatic carbocycles. The molecule has 2 aromatic rings. The highest BCUT2D eigenvalue weighted by molar-refractivity contribution is 7.14. The molecule has 110 valence electrons. The smallest absolute Gasteiger partial charge is 0.276 e. The number of amides is 1. The third-order valence-corrected chi connectivity index (χ3v) is 4.09. The maximum absolute atomic E-state index is 12.2. The summed E-state index contributed by atoms with van der Waals surface area (Å²) >= 11 is 1.47. The first-order valence-electron chi connectivity index (χ1n) is 7.23. The molecule has 0 aliphatic heterocycles. The Morgan fingerprint density at radius 1 is 1.48 bits per heavy atom. The van der Waals surface area contributed by atoms with Crippen molar-refractivity contribution in [2.75, 3.05) is 17.2 Å². The van der Waals surface area contributed by atoms with Gasteiger partial charge in [-0.3, -0.25) is 15.1 Å². The third-order valence-electron chi connectivity index (χ3n) is 3.31. The minimum Gasteiger partial charge on any atom is -0.385 e. The van der Waals surface area contributed by atoms with Crippen molar-refractivity contribution in [2.24, 2.45) is 0 Å². The average Bonchev–Trinajstić information content (AvgIpc) is 3.26. The average molecular weight is 302 g/mol. The van der Waals surface area contributed by atoms with Crippen LogP contribution in [0.5, 0.6) is 0 Å². The number of hydrogen-bond acceptors (Lipinski definition) is 5. The molecule has 0 radical (unpaired) electrons.